The summed E-state index contributed by atoms with van der Waals surface area (Å²) in [4.78, 5) is 45.3. The molecule has 0 saturated carbocycles. The minimum atomic E-state index is -0.615. The molecule has 0 aliphatic heterocycles. The fourth-order valence-electron chi connectivity index (χ4n) is 6.36. The molecule has 1 amide bonds. The van der Waals surface area contributed by atoms with E-state index in [2.05, 4.69) is 20.0 Å². The van der Waals surface area contributed by atoms with E-state index in [1.807, 2.05) is 123 Å². The zero-order valence-electron chi connectivity index (χ0n) is 37.8. The van der Waals surface area contributed by atoms with E-state index in [4.69, 9.17) is 27.8 Å². The van der Waals surface area contributed by atoms with Gasteiger partial charge in [0.2, 0.25) is 11.8 Å². The van der Waals surface area contributed by atoms with Gasteiger partial charge in [-0.15, -0.1) is 12.4 Å². The molecular weight excluding hydrogens is 880 g/mol. The van der Waals surface area contributed by atoms with Crippen molar-refractivity contribution in [2.24, 2.45) is 0 Å². The van der Waals surface area contributed by atoms with E-state index in [1.54, 1.807) is 31.4 Å². The number of halogens is 1. The van der Waals surface area contributed by atoms with Crippen LogP contribution in [0.15, 0.2) is 142 Å². The molecule has 0 aliphatic rings. The number of esters is 1. The van der Waals surface area contributed by atoms with Crippen LogP contribution < -0.4 is 24.3 Å². The normalized spacial score (nSPS) is 10.3. The first-order valence-corrected chi connectivity index (χ1v) is 21.0. The second kappa shape index (κ2) is 27.1. The monoisotopic (exact) mass is 934 g/mol. The molecule has 0 fully saturated rings. The molecule has 15 nitrogen and oxygen atoms in total. The number of ether oxygens (including phenoxy) is 5. The van der Waals surface area contributed by atoms with Gasteiger partial charge in [-0.3, -0.25) is 9.69 Å². The largest absolute Gasteiger partial charge is 0.497 e. The Hall–Kier alpha value is -7.46. The minimum absolute atomic E-state index is 0. The number of nitrogens with zero attached hydrogens (tertiary/aromatic N) is 3. The van der Waals surface area contributed by atoms with E-state index >= 15 is 0 Å². The lowest BCUT2D eigenvalue weighted by Gasteiger charge is -2.20. The highest BCUT2D eigenvalue weighted by molar-refractivity contribution is 5.85. The highest BCUT2D eigenvalue weighted by atomic mass is 35.5. The number of aromatic nitrogens is 2. The minimum Gasteiger partial charge on any atom is -0.497 e. The van der Waals surface area contributed by atoms with E-state index in [-0.39, 0.29) is 43.5 Å². The molecule has 352 valence electrons. The van der Waals surface area contributed by atoms with Crippen LogP contribution in [0.5, 0.6) is 23.0 Å². The summed E-state index contributed by atoms with van der Waals surface area (Å²) in [6, 6.07) is 41.4. The molecule has 3 N–H and O–H groups in total. The zero-order valence-corrected chi connectivity index (χ0v) is 38.6. The summed E-state index contributed by atoms with van der Waals surface area (Å²) in [7, 11) is 2.93. The van der Waals surface area contributed by atoms with Gasteiger partial charge in [-0.2, -0.15) is 0 Å². The third kappa shape index (κ3) is 16.2. The van der Waals surface area contributed by atoms with Crippen molar-refractivity contribution in [2.45, 2.75) is 39.8 Å². The molecule has 0 spiro atoms. The Labute approximate surface area is 395 Å². The number of methoxy groups -OCH3 is 2. The number of carbonyl (C=O) groups is 3. The lowest BCUT2D eigenvalue weighted by atomic mass is 10.2. The molecule has 2 heterocycles. The lowest BCUT2D eigenvalue weighted by molar-refractivity contribution is -0.139. The third-order valence-corrected chi connectivity index (χ3v) is 9.91. The lowest BCUT2D eigenvalue weighted by Crippen LogP contribution is -2.34. The average Bonchev–Trinajstić information content (AvgIpc) is 3.91. The molecule has 5 aromatic carbocycles. The number of hydrogen-bond donors (Lipinski definition) is 1. The number of hydrogen-bond acceptors (Lipinski definition) is 13. The molecule has 7 rings (SSSR count). The Morgan fingerprint density at radius 3 is 1.57 bits per heavy atom. The number of benzene rings is 5. The molecule has 0 bridgehead atoms. The van der Waals surface area contributed by atoms with Crippen molar-refractivity contribution in [3.8, 4) is 45.9 Å². The number of amides is 1. The van der Waals surface area contributed by atoms with Crippen LogP contribution in [-0.2, 0) is 40.3 Å². The van der Waals surface area contributed by atoms with Crippen LogP contribution in [0.3, 0.4) is 0 Å². The Balaban J connectivity index is 0.000000294. The maximum absolute atomic E-state index is 12.6. The average molecular weight is 935 g/mol. The molecule has 0 radical (unpaired) electrons. The van der Waals surface area contributed by atoms with Crippen LogP contribution in [0.25, 0.3) is 22.9 Å². The molecular formula is C51H55ClN4O11. The van der Waals surface area contributed by atoms with E-state index < -0.39 is 6.09 Å². The number of rotatable bonds is 20. The summed E-state index contributed by atoms with van der Waals surface area (Å²) in [5, 5.41) is 3.02. The summed E-state index contributed by atoms with van der Waals surface area (Å²) >= 11 is 0. The van der Waals surface area contributed by atoms with Crippen molar-refractivity contribution in [1.82, 2.24) is 20.2 Å². The highest BCUT2D eigenvalue weighted by Gasteiger charge is 2.17. The standard InChI is InChI=1S/C29H28N2O6.C22H24N2O4.ClH.H2O/c1-21-27(30-28(36-21)23-6-4-3-5-7-23)16-19-35-25-10-8-22(9-11-25)20-31(17-18-32)29(33)37-26-14-12-24(34-2)13-15-26;1-16-20(24-22(28-16)18-6-4-3-5-7-18)12-13-27-19-10-8-17(9-11-19)14-23-15-21(25)26-2;;/h3-15,18H,16-17,19-20H2,1-2H3;3-11,23H,12-15H2,1-2H3;1H;1H2. The summed E-state index contributed by atoms with van der Waals surface area (Å²) < 4.78 is 38.4. The number of carbonyl (C=O) groups excluding carboxylic acids is 3. The van der Waals surface area contributed by atoms with Crippen molar-refractivity contribution in [1.29, 1.82) is 0 Å². The smallest absolute Gasteiger partial charge is 0.415 e. The van der Waals surface area contributed by atoms with Gasteiger partial charge < -0.3 is 48.1 Å². The van der Waals surface area contributed by atoms with E-state index in [1.165, 1.54) is 12.0 Å². The molecule has 0 aliphatic carbocycles. The van der Waals surface area contributed by atoms with E-state index in [0.717, 1.165) is 50.9 Å². The fraction of sp³-hybridized carbons (Fsp3) is 0.235. The topological polar surface area (TPSA) is 196 Å². The zero-order chi connectivity index (χ0) is 45.8. The number of aldehydes is 1. The predicted octanol–water partition coefficient (Wildman–Crippen LogP) is 8.61. The summed E-state index contributed by atoms with van der Waals surface area (Å²) in [6.45, 7) is 5.68. The van der Waals surface area contributed by atoms with Gasteiger partial charge in [-0.1, -0.05) is 60.7 Å². The first-order valence-electron chi connectivity index (χ1n) is 21.0. The first-order chi connectivity index (χ1) is 31.7. The van der Waals surface area contributed by atoms with Gasteiger partial charge in [0.15, 0.2) is 0 Å². The summed E-state index contributed by atoms with van der Waals surface area (Å²) in [5.74, 6) is 5.04. The SMILES string of the molecule is COC(=O)CNCc1ccc(OCCc2nc(-c3ccccc3)oc2C)cc1.COc1ccc(OC(=O)N(CC=O)Cc2ccc(OCCc3nc(-c4ccccc4)oc3C)cc2)cc1.Cl.O. The van der Waals surface area contributed by atoms with Crippen LogP contribution >= 0.6 is 12.4 Å². The molecule has 16 heteroatoms. The maximum atomic E-state index is 12.6. The van der Waals surface area contributed by atoms with Gasteiger partial charge in [0, 0.05) is 37.1 Å². The van der Waals surface area contributed by atoms with Crippen LogP contribution in [0, 0.1) is 13.8 Å². The molecule has 67 heavy (non-hydrogen) atoms. The Kier molecular flexibility index (Phi) is 21.1. The highest BCUT2D eigenvalue weighted by Crippen LogP contribution is 2.24. The third-order valence-electron chi connectivity index (χ3n) is 9.91. The van der Waals surface area contributed by atoms with Crippen LogP contribution in [0.4, 0.5) is 4.79 Å². The molecule has 2 aromatic heterocycles. The van der Waals surface area contributed by atoms with Crippen LogP contribution in [-0.4, -0.2) is 79.2 Å². The Morgan fingerprint density at radius 2 is 1.10 bits per heavy atom. The maximum Gasteiger partial charge on any atom is 0.415 e. The Morgan fingerprint density at radius 1 is 0.642 bits per heavy atom. The van der Waals surface area contributed by atoms with Crippen molar-refractivity contribution in [2.75, 3.05) is 40.5 Å². The van der Waals surface area contributed by atoms with Gasteiger partial charge in [0.25, 0.3) is 0 Å². The first kappa shape index (κ1) is 52.2. The van der Waals surface area contributed by atoms with Gasteiger partial charge in [-0.05, 0) is 97.8 Å². The molecule has 7 aromatic rings. The molecule has 0 atom stereocenters. The number of oxazole rings is 2. The van der Waals surface area contributed by atoms with Crippen molar-refractivity contribution in [3.05, 3.63) is 167 Å². The molecule has 0 saturated heterocycles. The number of aryl methyl sites for hydroxylation is 2. The van der Waals surface area contributed by atoms with Crippen molar-refractivity contribution < 1.29 is 52.4 Å². The van der Waals surface area contributed by atoms with Crippen LogP contribution in [0.1, 0.15) is 34.0 Å². The van der Waals surface area contributed by atoms with Crippen molar-refractivity contribution in [3.63, 3.8) is 0 Å². The van der Waals surface area contributed by atoms with Gasteiger partial charge in [0.05, 0.1) is 51.9 Å². The van der Waals surface area contributed by atoms with Gasteiger partial charge in [-0.25, -0.2) is 14.8 Å². The fourth-order valence-corrected chi connectivity index (χ4v) is 6.36. The summed E-state index contributed by atoms with van der Waals surface area (Å²) in [5.41, 5.74) is 5.56. The molecule has 0 unspecified atom stereocenters. The second-order valence-electron chi connectivity index (χ2n) is 14.5. The Bertz CT molecular complexity index is 2550. The van der Waals surface area contributed by atoms with Crippen LogP contribution in [0.2, 0.25) is 0 Å². The summed E-state index contributed by atoms with van der Waals surface area (Å²) in [6.07, 6.45) is 1.33. The quantitative estimate of drug-likeness (QED) is 0.0564. The number of nitrogens with one attached hydrogen (secondary N) is 1. The van der Waals surface area contributed by atoms with Gasteiger partial charge >= 0.3 is 12.1 Å². The van der Waals surface area contributed by atoms with E-state index in [0.29, 0.717) is 67.9 Å². The van der Waals surface area contributed by atoms with Gasteiger partial charge in [0.1, 0.15) is 40.8 Å². The van der Waals surface area contributed by atoms with Crippen molar-refractivity contribution >= 4 is 30.8 Å². The van der Waals surface area contributed by atoms with E-state index in [9.17, 15) is 14.4 Å². The predicted molar refractivity (Wildman–Crippen MR) is 255 cm³/mol. The second-order valence-corrected chi connectivity index (χ2v) is 14.5.